The van der Waals surface area contributed by atoms with E-state index in [4.69, 9.17) is 8.83 Å². The van der Waals surface area contributed by atoms with Crippen LogP contribution in [0.1, 0.15) is 16.3 Å². The average molecular weight is 323 g/mol. The van der Waals surface area contributed by atoms with Crippen LogP contribution in [0.25, 0.3) is 6.08 Å². The number of amides is 2. The van der Waals surface area contributed by atoms with Gasteiger partial charge in [0.05, 0.1) is 12.5 Å². The van der Waals surface area contributed by atoms with Gasteiger partial charge < -0.3 is 19.5 Å². The molecule has 0 aliphatic carbocycles. The maximum absolute atomic E-state index is 12.4. The molecule has 0 spiro atoms. The number of nitrogens with zero attached hydrogens (tertiary/aromatic N) is 1. The number of carbonyl (C=O) groups is 2. The first-order chi connectivity index (χ1) is 11.7. The van der Waals surface area contributed by atoms with E-state index in [0.29, 0.717) is 11.6 Å². The second-order valence-electron chi connectivity index (χ2n) is 4.67. The molecule has 0 saturated carbocycles. The van der Waals surface area contributed by atoms with Gasteiger partial charge in [-0.15, -0.1) is 0 Å². The van der Waals surface area contributed by atoms with E-state index in [-0.39, 0.29) is 11.5 Å². The molecule has 3 aromatic rings. The molecular weight excluding hydrogens is 310 g/mol. The molecule has 0 aliphatic rings. The van der Waals surface area contributed by atoms with Gasteiger partial charge in [0.1, 0.15) is 17.3 Å². The lowest BCUT2D eigenvalue weighted by molar-refractivity contribution is -0.113. The molecule has 0 radical (unpaired) electrons. The topological polar surface area (TPSA) is 97.4 Å². The molecule has 2 N–H and O–H groups in total. The van der Waals surface area contributed by atoms with Crippen molar-refractivity contribution >= 4 is 23.7 Å². The lowest BCUT2D eigenvalue weighted by atomic mass is 10.3. The molecule has 0 aliphatic heterocycles. The summed E-state index contributed by atoms with van der Waals surface area (Å²) in [6.07, 6.45) is 5.80. The second kappa shape index (κ2) is 7.10. The quantitative estimate of drug-likeness (QED) is 0.704. The SMILES string of the molecule is O=C(Nc1ccccn1)/C(=C\c1ccco1)NC(=O)c1ccco1. The number of nitrogens with one attached hydrogen (secondary N) is 2. The van der Waals surface area contributed by atoms with Crippen molar-refractivity contribution in [3.05, 3.63) is 78.4 Å². The largest absolute Gasteiger partial charge is 0.465 e. The van der Waals surface area contributed by atoms with E-state index in [0.717, 1.165) is 0 Å². The Hall–Kier alpha value is -3.61. The number of furan rings is 2. The minimum absolute atomic E-state index is 0.00277. The van der Waals surface area contributed by atoms with Gasteiger partial charge in [-0.2, -0.15) is 0 Å². The molecule has 0 bridgehead atoms. The number of carbonyl (C=O) groups excluding carboxylic acids is 2. The van der Waals surface area contributed by atoms with Crippen molar-refractivity contribution in [1.82, 2.24) is 10.3 Å². The van der Waals surface area contributed by atoms with E-state index in [1.165, 1.54) is 24.7 Å². The fraction of sp³-hybridized carbons (Fsp3) is 0. The van der Waals surface area contributed by atoms with Gasteiger partial charge in [0.25, 0.3) is 11.8 Å². The molecule has 7 nitrogen and oxygen atoms in total. The Bertz CT molecular complexity index is 837. The number of aromatic nitrogens is 1. The Morgan fingerprint density at radius 3 is 2.50 bits per heavy atom. The molecule has 7 heteroatoms. The van der Waals surface area contributed by atoms with Crippen LogP contribution in [0, 0.1) is 0 Å². The van der Waals surface area contributed by atoms with Crippen LogP contribution >= 0.6 is 0 Å². The van der Waals surface area contributed by atoms with Gasteiger partial charge in [0.15, 0.2) is 5.76 Å². The summed E-state index contributed by atoms with van der Waals surface area (Å²) in [5.74, 6) is -0.217. The lowest BCUT2D eigenvalue weighted by Crippen LogP contribution is -2.30. The van der Waals surface area contributed by atoms with Crippen LogP contribution in [0.3, 0.4) is 0 Å². The third kappa shape index (κ3) is 3.77. The van der Waals surface area contributed by atoms with Crippen LogP contribution in [0.5, 0.6) is 0 Å². The van der Waals surface area contributed by atoms with Crippen molar-refractivity contribution in [3.8, 4) is 0 Å². The van der Waals surface area contributed by atoms with Gasteiger partial charge in [0, 0.05) is 12.3 Å². The summed E-state index contributed by atoms with van der Waals surface area (Å²) in [7, 11) is 0. The van der Waals surface area contributed by atoms with Gasteiger partial charge >= 0.3 is 0 Å². The highest BCUT2D eigenvalue weighted by Gasteiger charge is 2.17. The van der Waals surface area contributed by atoms with E-state index >= 15 is 0 Å². The number of rotatable bonds is 5. The molecule has 3 rings (SSSR count). The molecule has 0 saturated heterocycles. The monoisotopic (exact) mass is 323 g/mol. The highest BCUT2D eigenvalue weighted by molar-refractivity contribution is 6.09. The van der Waals surface area contributed by atoms with E-state index in [9.17, 15) is 9.59 Å². The van der Waals surface area contributed by atoms with Crippen molar-refractivity contribution in [3.63, 3.8) is 0 Å². The zero-order chi connectivity index (χ0) is 16.8. The van der Waals surface area contributed by atoms with E-state index in [1.54, 1.807) is 42.6 Å². The van der Waals surface area contributed by atoms with Crippen LogP contribution < -0.4 is 10.6 Å². The summed E-state index contributed by atoms with van der Waals surface area (Å²) < 4.78 is 10.2. The van der Waals surface area contributed by atoms with Crippen molar-refractivity contribution in [2.24, 2.45) is 0 Å². The molecule has 120 valence electrons. The first-order valence-corrected chi connectivity index (χ1v) is 7.05. The Morgan fingerprint density at radius 1 is 1.00 bits per heavy atom. The zero-order valence-electron chi connectivity index (χ0n) is 12.4. The first-order valence-electron chi connectivity index (χ1n) is 7.05. The Labute approximate surface area is 137 Å². The molecular formula is C17H13N3O4. The van der Waals surface area contributed by atoms with Crippen LogP contribution in [-0.4, -0.2) is 16.8 Å². The maximum Gasteiger partial charge on any atom is 0.291 e. The Kier molecular flexibility index (Phi) is 4.52. The van der Waals surface area contributed by atoms with Crippen molar-refractivity contribution in [1.29, 1.82) is 0 Å². The minimum Gasteiger partial charge on any atom is -0.465 e. The van der Waals surface area contributed by atoms with Gasteiger partial charge in [-0.3, -0.25) is 9.59 Å². The fourth-order valence-electron chi connectivity index (χ4n) is 1.89. The highest BCUT2D eigenvalue weighted by atomic mass is 16.3. The number of hydrogen-bond acceptors (Lipinski definition) is 5. The predicted octanol–water partition coefficient (Wildman–Crippen LogP) is 2.68. The average Bonchev–Trinajstić information content (AvgIpc) is 3.29. The van der Waals surface area contributed by atoms with Gasteiger partial charge in [-0.1, -0.05) is 6.07 Å². The molecule has 0 atom stereocenters. The molecule has 0 aromatic carbocycles. The summed E-state index contributed by atoms with van der Waals surface area (Å²) >= 11 is 0. The molecule has 3 heterocycles. The number of anilines is 1. The van der Waals surface area contributed by atoms with Crippen molar-refractivity contribution in [2.75, 3.05) is 5.32 Å². The van der Waals surface area contributed by atoms with Crippen molar-refractivity contribution < 1.29 is 18.4 Å². The normalized spacial score (nSPS) is 11.1. The number of hydrogen-bond donors (Lipinski definition) is 2. The molecule has 0 fully saturated rings. The highest BCUT2D eigenvalue weighted by Crippen LogP contribution is 2.10. The summed E-state index contributed by atoms with van der Waals surface area (Å²) in [4.78, 5) is 28.6. The Balaban J connectivity index is 1.82. The summed E-state index contributed by atoms with van der Waals surface area (Å²) in [5.41, 5.74) is -0.00277. The standard InChI is InChI=1S/C17H13N3O4/c21-16(20-15-7-1-2-8-18-15)13(11-12-5-3-9-23-12)19-17(22)14-6-4-10-24-14/h1-11H,(H,19,22)(H,18,20,21)/b13-11+. The first kappa shape index (κ1) is 15.3. The fourth-order valence-corrected chi connectivity index (χ4v) is 1.89. The minimum atomic E-state index is -0.547. The summed E-state index contributed by atoms with van der Waals surface area (Å²) in [5, 5.41) is 5.11. The summed E-state index contributed by atoms with van der Waals surface area (Å²) in [6.45, 7) is 0. The van der Waals surface area contributed by atoms with Gasteiger partial charge in [0.2, 0.25) is 0 Å². The number of pyridine rings is 1. The van der Waals surface area contributed by atoms with Crippen LogP contribution in [-0.2, 0) is 4.79 Å². The Morgan fingerprint density at radius 2 is 1.83 bits per heavy atom. The lowest BCUT2D eigenvalue weighted by Gasteiger charge is -2.09. The van der Waals surface area contributed by atoms with Crippen LogP contribution in [0.4, 0.5) is 5.82 Å². The summed E-state index contributed by atoms with van der Waals surface area (Å²) in [6, 6.07) is 11.5. The molecule has 2 amide bonds. The van der Waals surface area contributed by atoms with Gasteiger partial charge in [-0.05, 0) is 36.4 Å². The van der Waals surface area contributed by atoms with E-state index < -0.39 is 11.8 Å². The predicted molar refractivity (Wildman–Crippen MR) is 85.7 cm³/mol. The molecule has 3 aromatic heterocycles. The van der Waals surface area contributed by atoms with E-state index in [2.05, 4.69) is 15.6 Å². The second-order valence-corrected chi connectivity index (χ2v) is 4.67. The molecule has 24 heavy (non-hydrogen) atoms. The smallest absolute Gasteiger partial charge is 0.291 e. The maximum atomic E-state index is 12.4. The third-order valence-corrected chi connectivity index (χ3v) is 2.97. The zero-order valence-corrected chi connectivity index (χ0v) is 12.4. The van der Waals surface area contributed by atoms with Crippen LogP contribution in [0.15, 0.2) is 75.7 Å². The van der Waals surface area contributed by atoms with Crippen LogP contribution in [0.2, 0.25) is 0 Å². The molecule has 0 unspecified atom stereocenters. The van der Waals surface area contributed by atoms with Crippen molar-refractivity contribution in [2.45, 2.75) is 0 Å². The third-order valence-electron chi connectivity index (χ3n) is 2.97. The van der Waals surface area contributed by atoms with E-state index in [1.807, 2.05) is 0 Å². The van der Waals surface area contributed by atoms with Gasteiger partial charge in [-0.25, -0.2) is 4.98 Å².